The average Bonchev–Trinajstić information content (AvgIpc) is 2.76. The van der Waals surface area contributed by atoms with Crippen LogP contribution in [-0.4, -0.2) is 19.6 Å². The molecule has 0 atom stereocenters. The van der Waals surface area contributed by atoms with E-state index >= 15 is 0 Å². The van der Waals surface area contributed by atoms with E-state index in [9.17, 15) is 0 Å². The Bertz CT molecular complexity index is 334. The summed E-state index contributed by atoms with van der Waals surface area (Å²) in [6, 6.07) is 6.83. The van der Waals surface area contributed by atoms with E-state index in [1.54, 1.807) is 0 Å². The molecule has 2 rings (SSSR count). The highest BCUT2D eigenvalue weighted by Crippen LogP contribution is 2.22. The molecule has 88 valence electrons. The first kappa shape index (κ1) is 11.5. The topological polar surface area (TPSA) is 24.1 Å². The van der Waals surface area contributed by atoms with Gasteiger partial charge >= 0.3 is 0 Å². The molecule has 0 bridgehead atoms. The van der Waals surface area contributed by atoms with Crippen LogP contribution >= 0.6 is 0 Å². The van der Waals surface area contributed by atoms with Gasteiger partial charge in [0.15, 0.2) is 0 Å². The van der Waals surface area contributed by atoms with Gasteiger partial charge in [-0.15, -0.1) is 0 Å². The number of fused-ring (bicyclic) bond motifs is 1. The molecule has 1 aliphatic rings. The predicted octanol–water partition coefficient (Wildman–Crippen LogP) is 2.59. The van der Waals surface area contributed by atoms with E-state index in [0.29, 0.717) is 0 Å². The number of hydrogen-bond donors (Lipinski definition) is 2. The van der Waals surface area contributed by atoms with Gasteiger partial charge in [0.05, 0.1) is 0 Å². The van der Waals surface area contributed by atoms with Crippen LogP contribution in [0, 0.1) is 0 Å². The van der Waals surface area contributed by atoms with Crippen molar-refractivity contribution in [2.45, 2.75) is 32.6 Å². The Hall–Kier alpha value is -1.02. The van der Waals surface area contributed by atoms with Crippen molar-refractivity contribution in [3.8, 4) is 0 Å². The van der Waals surface area contributed by atoms with Crippen LogP contribution in [0.2, 0.25) is 0 Å². The van der Waals surface area contributed by atoms with Crippen LogP contribution in [0.5, 0.6) is 0 Å². The van der Waals surface area contributed by atoms with Gasteiger partial charge in [-0.3, -0.25) is 0 Å². The molecular weight excluding hydrogens is 196 g/mol. The Morgan fingerprint density at radius 1 is 1.31 bits per heavy atom. The molecule has 2 heteroatoms. The van der Waals surface area contributed by atoms with Gasteiger partial charge in [0.2, 0.25) is 0 Å². The molecule has 1 aromatic carbocycles. The number of unbranched alkanes of at least 4 members (excludes halogenated alkanes) is 1. The van der Waals surface area contributed by atoms with Crippen molar-refractivity contribution in [2.75, 3.05) is 25.0 Å². The van der Waals surface area contributed by atoms with Crippen LogP contribution in [0.25, 0.3) is 0 Å². The molecule has 0 spiro atoms. The van der Waals surface area contributed by atoms with Crippen LogP contribution in [0.1, 0.15) is 30.9 Å². The zero-order valence-corrected chi connectivity index (χ0v) is 10.2. The zero-order valence-electron chi connectivity index (χ0n) is 10.2. The van der Waals surface area contributed by atoms with Gasteiger partial charge in [0.25, 0.3) is 0 Å². The summed E-state index contributed by atoms with van der Waals surface area (Å²) in [5.41, 5.74) is 4.29. The van der Waals surface area contributed by atoms with E-state index in [1.165, 1.54) is 36.1 Å². The molecule has 0 aromatic heterocycles. The molecule has 1 aromatic rings. The molecule has 0 fully saturated rings. The van der Waals surface area contributed by atoms with E-state index < -0.39 is 0 Å². The number of rotatable bonds is 6. The normalized spacial score (nSPS) is 13.6. The third kappa shape index (κ3) is 2.99. The summed E-state index contributed by atoms with van der Waals surface area (Å²) in [5.74, 6) is 0. The monoisotopic (exact) mass is 218 g/mol. The lowest BCUT2D eigenvalue weighted by Gasteiger charge is -2.06. The summed E-state index contributed by atoms with van der Waals surface area (Å²) in [5, 5.41) is 6.88. The predicted molar refractivity (Wildman–Crippen MR) is 70.1 cm³/mol. The van der Waals surface area contributed by atoms with E-state index in [-0.39, 0.29) is 0 Å². The van der Waals surface area contributed by atoms with Crippen LogP contribution in [0.3, 0.4) is 0 Å². The first-order valence-electron chi connectivity index (χ1n) is 6.46. The Kier molecular flexibility index (Phi) is 4.23. The molecule has 0 saturated heterocycles. The minimum Gasteiger partial charge on any atom is -0.384 e. The van der Waals surface area contributed by atoms with Gasteiger partial charge in [0, 0.05) is 12.2 Å². The smallest absolute Gasteiger partial charge is 0.0373 e. The maximum Gasteiger partial charge on any atom is 0.0373 e. The molecule has 0 amide bonds. The summed E-state index contributed by atoms with van der Waals surface area (Å²) in [6.07, 6.45) is 4.90. The molecular formula is C14H22N2. The second kappa shape index (κ2) is 5.90. The fraction of sp³-hybridized carbons (Fsp3) is 0.571. The van der Waals surface area contributed by atoms with Crippen LogP contribution in [0.15, 0.2) is 18.2 Å². The highest BCUT2D eigenvalue weighted by molar-refractivity contribution is 5.56. The van der Waals surface area contributed by atoms with Gasteiger partial charge in [-0.05, 0) is 49.5 Å². The Labute approximate surface area is 98.4 Å². The minimum atomic E-state index is 1.10. The summed E-state index contributed by atoms with van der Waals surface area (Å²) in [6.45, 7) is 5.60. The summed E-state index contributed by atoms with van der Waals surface area (Å²) in [4.78, 5) is 0. The lowest BCUT2D eigenvalue weighted by Crippen LogP contribution is -2.18. The maximum atomic E-state index is 3.49. The molecule has 2 N–H and O–H groups in total. The Morgan fingerprint density at radius 3 is 3.12 bits per heavy atom. The molecule has 1 heterocycles. The summed E-state index contributed by atoms with van der Waals surface area (Å²) in [7, 11) is 0. The van der Waals surface area contributed by atoms with Crippen molar-refractivity contribution in [1.29, 1.82) is 0 Å². The van der Waals surface area contributed by atoms with Crippen molar-refractivity contribution in [2.24, 2.45) is 0 Å². The average molecular weight is 218 g/mol. The maximum absolute atomic E-state index is 3.49. The van der Waals surface area contributed by atoms with Crippen molar-refractivity contribution >= 4 is 5.69 Å². The van der Waals surface area contributed by atoms with Gasteiger partial charge < -0.3 is 10.6 Å². The van der Waals surface area contributed by atoms with E-state index in [0.717, 1.165) is 26.1 Å². The van der Waals surface area contributed by atoms with Gasteiger partial charge in [-0.2, -0.15) is 0 Å². The number of anilines is 1. The second-order valence-electron chi connectivity index (χ2n) is 4.52. The van der Waals surface area contributed by atoms with Crippen molar-refractivity contribution in [1.82, 2.24) is 5.32 Å². The van der Waals surface area contributed by atoms with Crippen molar-refractivity contribution in [3.05, 3.63) is 29.3 Å². The molecule has 0 saturated carbocycles. The number of benzene rings is 1. The molecule has 1 aliphatic heterocycles. The van der Waals surface area contributed by atoms with Crippen LogP contribution in [-0.2, 0) is 12.8 Å². The molecule has 16 heavy (non-hydrogen) atoms. The fourth-order valence-electron chi connectivity index (χ4n) is 2.17. The highest BCUT2D eigenvalue weighted by Gasteiger charge is 2.09. The standard InChI is InChI=1S/C14H22N2/c1-2-3-8-15-9-6-12-4-5-14-13(11-12)7-10-16-14/h4-5,11,15-16H,2-3,6-10H2,1H3. The quantitative estimate of drug-likeness (QED) is 0.717. The van der Waals surface area contributed by atoms with E-state index in [2.05, 4.69) is 35.8 Å². The first-order chi connectivity index (χ1) is 7.90. The van der Waals surface area contributed by atoms with E-state index in [1.807, 2.05) is 0 Å². The summed E-state index contributed by atoms with van der Waals surface area (Å²) < 4.78 is 0. The van der Waals surface area contributed by atoms with Gasteiger partial charge in [0.1, 0.15) is 0 Å². The van der Waals surface area contributed by atoms with Crippen LogP contribution in [0.4, 0.5) is 5.69 Å². The minimum absolute atomic E-state index is 1.10. The van der Waals surface area contributed by atoms with Gasteiger partial charge in [-0.25, -0.2) is 0 Å². The Morgan fingerprint density at radius 2 is 2.25 bits per heavy atom. The zero-order chi connectivity index (χ0) is 11.2. The van der Waals surface area contributed by atoms with Crippen molar-refractivity contribution < 1.29 is 0 Å². The molecule has 0 radical (unpaired) electrons. The SMILES string of the molecule is CCCCNCCc1ccc2c(c1)CCN2. The van der Waals surface area contributed by atoms with Gasteiger partial charge in [-0.1, -0.05) is 25.5 Å². The highest BCUT2D eigenvalue weighted by atomic mass is 14.9. The molecule has 2 nitrogen and oxygen atoms in total. The fourth-order valence-corrected chi connectivity index (χ4v) is 2.17. The number of hydrogen-bond acceptors (Lipinski definition) is 2. The first-order valence-corrected chi connectivity index (χ1v) is 6.46. The van der Waals surface area contributed by atoms with E-state index in [4.69, 9.17) is 0 Å². The lowest BCUT2D eigenvalue weighted by atomic mass is 10.1. The summed E-state index contributed by atoms with van der Waals surface area (Å²) >= 11 is 0. The van der Waals surface area contributed by atoms with Crippen molar-refractivity contribution in [3.63, 3.8) is 0 Å². The van der Waals surface area contributed by atoms with Crippen LogP contribution < -0.4 is 10.6 Å². The third-order valence-electron chi connectivity index (χ3n) is 3.18. The lowest BCUT2D eigenvalue weighted by molar-refractivity contribution is 0.640. The molecule has 0 aliphatic carbocycles. The number of nitrogens with one attached hydrogen (secondary N) is 2. The Balaban J connectivity index is 1.77. The molecule has 0 unspecified atom stereocenters. The largest absolute Gasteiger partial charge is 0.384 e. The third-order valence-corrected chi connectivity index (χ3v) is 3.18. The second-order valence-corrected chi connectivity index (χ2v) is 4.52.